The summed E-state index contributed by atoms with van der Waals surface area (Å²) in [6, 6.07) is 18.7. The van der Waals surface area contributed by atoms with Crippen LogP contribution >= 0.6 is 0 Å². The van der Waals surface area contributed by atoms with E-state index in [4.69, 9.17) is 9.15 Å². The molecule has 0 amide bonds. The number of ether oxygens (including phenoxy) is 1. The number of fused-ring (bicyclic) bond motifs is 2. The lowest BCUT2D eigenvalue weighted by molar-refractivity contribution is 0.415. The first-order valence-electron chi connectivity index (χ1n) is 7.75. The average molecular weight is 330 g/mol. The number of rotatable bonds is 3. The molecule has 4 rings (SSSR count). The number of nitrogens with zero attached hydrogens (tertiary/aromatic N) is 2. The summed E-state index contributed by atoms with van der Waals surface area (Å²) in [4.78, 5) is 20.8. The Bertz CT molecular complexity index is 1150. The molecule has 2 aromatic carbocycles. The molecule has 4 aromatic rings. The van der Waals surface area contributed by atoms with Crippen molar-refractivity contribution >= 4 is 33.9 Å². The van der Waals surface area contributed by atoms with Gasteiger partial charge < -0.3 is 9.15 Å². The summed E-state index contributed by atoms with van der Waals surface area (Å²) >= 11 is 0. The molecule has 0 saturated carbocycles. The van der Waals surface area contributed by atoms with Crippen molar-refractivity contribution in [1.82, 2.24) is 4.98 Å². The molecule has 0 aliphatic rings. The van der Waals surface area contributed by atoms with E-state index in [1.54, 1.807) is 19.4 Å². The Hall–Kier alpha value is -3.47. The van der Waals surface area contributed by atoms with Crippen LogP contribution in [0.25, 0.3) is 22.0 Å². The Kier molecular flexibility index (Phi) is 3.74. The molecule has 0 aliphatic heterocycles. The quantitative estimate of drug-likeness (QED) is 0.419. The van der Waals surface area contributed by atoms with E-state index in [9.17, 15) is 4.79 Å². The van der Waals surface area contributed by atoms with E-state index in [0.717, 1.165) is 22.2 Å². The van der Waals surface area contributed by atoms with Crippen LogP contribution in [0.1, 0.15) is 5.56 Å². The van der Waals surface area contributed by atoms with Crippen molar-refractivity contribution < 1.29 is 9.15 Å². The molecule has 0 radical (unpaired) electrons. The second kappa shape index (κ2) is 6.20. The standard InChI is InChI=1S/C20H14N2O3/c1-24-16-7-8-17-14(10-16)9-15-11-18(20(23)25-19(15)22-17)21-12-13-5-3-2-4-6-13/h2-12H,1H3. The Morgan fingerprint density at radius 3 is 2.68 bits per heavy atom. The predicted molar refractivity (Wildman–Crippen MR) is 98.0 cm³/mol. The molecular formula is C20H14N2O3. The van der Waals surface area contributed by atoms with Crippen LogP contribution in [0.2, 0.25) is 0 Å². The average Bonchev–Trinajstić information content (AvgIpc) is 2.65. The van der Waals surface area contributed by atoms with Crippen molar-refractivity contribution in [2.24, 2.45) is 4.99 Å². The number of hydrogen-bond acceptors (Lipinski definition) is 5. The van der Waals surface area contributed by atoms with Gasteiger partial charge in [-0.3, -0.25) is 0 Å². The van der Waals surface area contributed by atoms with E-state index < -0.39 is 5.63 Å². The number of benzene rings is 2. The lowest BCUT2D eigenvalue weighted by Gasteiger charge is -2.04. The molecule has 5 nitrogen and oxygen atoms in total. The van der Waals surface area contributed by atoms with Gasteiger partial charge in [0.2, 0.25) is 5.71 Å². The fourth-order valence-corrected chi connectivity index (χ4v) is 2.58. The molecule has 0 bridgehead atoms. The number of hydrogen-bond donors (Lipinski definition) is 0. The van der Waals surface area contributed by atoms with E-state index in [1.807, 2.05) is 54.6 Å². The third kappa shape index (κ3) is 2.99. The number of pyridine rings is 1. The topological polar surface area (TPSA) is 64.7 Å². The molecule has 0 unspecified atom stereocenters. The van der Waals surface area contributed by atoms with Crippen molar-refractivity contribution in [3.63, 3.8) is 0 Å². The Labute approximate surface area is 143 Å². The fraction of sp³-hybridized carbons (Fsp3) is 0.0500. The van der Waals surface area contributed by atoms with Crippen LogP contribution in [0.5, 0.6) is 5.75 Å². The van der Waals surface area contributed by atoms with Crippen LogP contribution in [0.4, 0.5) is 5.69 Å². The lowest BCUT2D eigenvalue weighted by atomic mass is 10.1. The van der Waals surface area contributed by atoms with Gasteiger partial charge in [-0.05, 0) is 35.9 Å². The first-order chi connectivity index (χ1) is 12.2. The van der Waals surface area contributed by atoms with E-state index >= 15 is 0 Å². The largest absolute Gasteiger partial charge is 0.497 e. The third-order valence-corrected chi connectivity index (χ3v) is 3.86. The highest BCUT2D eigenvalue weighted by Crippen LogP contribution is 2.24. The highest BCUT2D eigenvalue weighted by molar-refractivity contribution is 5.92. The summed E-state index contributed by atoms with van der Waals surface area (Å²) in [6.45, 7) is 0. The smallest absolute Gasteiger partial charge is 0.363 e. The zero-order valence-electron chi connectivity index (χ0n) is 13.5. The third-order valence-electron chi connectivity index (χ3n) is 3.86. The van der Waals surface area contributed by atoms with Gasteiger partial charge in [0.25, 0.3) is 0 Å². The number of methoxy groups -OCH3 is 1. The molecule has 0 spiro atoms. The zero-order valence-corrected chi connectivity index (χ0v) is 13.5. The van der Waals surface area contributed by atoms with E-state index in [2.05, 4.69) is 9.98 Å². The van der Waals surface area contributed by atoms with Gasteiger partial charge in [-0.25, -0.2) is 14.8 Å². The number of aliphatic imine (C=N–C) groups is 1. The van der Waals surface area contributed by atoms with Crippen LogP contribution in [0.3, 0.4) is 0 Å². The van der Waals surface area contributed by atoms with Crippen LogP contribution < -0.4 is 10.4 Å². The molecule has 2 heterocycles. The lowest BCUT2D eigenvalue weighted by Crippen LogP contribution is -1.99. The van der Waals surface area contributed by atoms with Crippen molar-refractivity contribution in [2.45, 2.75) is 0 Å². The normalized spacial score (nSPS) is 11.4. The van der Waals surface area contributed by atoms with Gasteiger partial charge in [-0.1, -0.05) is 30.3 Å². The second-order valence-electron chi connectivity index (χ2n) is 5.53. The molecule has 0 fully saturated rings. The Balaban J connectivity index is 1.83. The minimum absolute atomic E-state index is 0.236. The number of aromatic nitrogens is 1. The summed E-state index contributed by atoms with van der Waals surface area (Å²) in [5.41, 5.74) is 1.65. The molecule has 0 aliphatic carbocycles. The molecule has 0 N–H and O–H groups in total. The van der Waals surface area contributed by atoms with Gasteiger partial charge >= 0.3 is 5.63 Å². The molecule has 2 aromatic heterocycles. The van der Waals surface area contributed by atoms with Gasteiger partial charge in [0.15, 0.2) is 0 Å². The highest BCUT2D eigenvalue weighted by Gasteiger charge is 2.08. The minimum atomic E-state index is -0.514. The fourth-order valence-electron chi connectivity index (χ4n) is 2.58. The van der Waals surface area contributed by atoms with Crippen LogP contribution in [-0.2, 0) is 0 Å². The SMILES string of the molecule is COc1ccc2nc3oc(=O)c(N=Cc4ccccc4)cc3cc2c1. The van der Waals surface area contributed by atoms with Crippen LogP contribution in [0.15, 0.2) is 74.9 Å². The van der Waals surface area contributed by atoms with Crippen molar-refractivity contribution in [3.8, 4) is 5.75 Å². The molecule has 5 heteroatoms. The summed E-state index contributed by atoms with van der Waals surface area (Å²) in [7, 11) is 1.62. The zero-order chi connectivity index (χ0) is 17.2. The van der Waals surface area contributed by atoms with E-state index in [0.29, 0.717) is 11.1 Å². The summed E-state index contributed by atoms with van der Waals surface area (Å²) in [5, 5.41) is 1.61. The molecule has 25 heavy (non-hydrogen) atoms. The van der Waals surface area contributed by atoms with Crippen LogP contribution in [-0.4, -0.2) is 18.3 Å². The summed E-state index contributed by atoms with van der Waals surface area (Å²) in [6.07, 6.45) is 1.63. The first kappa shape index (κ1) is 15.1. The summed E-state index contributed by atoms with van der Waals surface area (Å²) < 4.78 is 10.6. The Morgan fingerprint density at radius 2 is 1.88 bits per heavy atom. The predicted octanol–water partition coefficient (Wildman–Crippen LogP) is 4.10. The van der Waals surface area contributed by atoms with Gasteiger partial charge in [0, 0.05) is 17.0 Å². The molecular weight excluding hydrogens is 316 g/mol. The van der Waals surface area contributed by atoms with Crippen molar-refractivity contribution in [2.75, 3.05) is 7.11 Å². The molecule has 122 valence electrons. The van der Waals surface area contributed by atoms with Crippen molar-refractivity contribution in [3.05, 3.63) is 76.6 Å². The maximum atomic E-state index is 12.2. The second-order valence-corrected chi connectivity index (χ2v) is 5.53. The van der Waals surface area contributed by atoms with E-state index in [-0.39, 0.29) is 5.69 Å². The molecule has 0 saturated heterocycles. The van der Waals surface area contributed by atoms with Gasteiger partial charge in [-0.2, -0.15) is 0 Å². The van der Waals surface area contributed by atoms with Crippen molar-refractivity contribution in [1.29, 1.82) is 0 Å². The van der Waals surface area contributed by atoms with E-state index in [1.165, 1.54) is 0 Å². The molecule has 0 atom stereocenters. The minimum Gasteiger partial charge on any atom is -0.497 e. The highest BCUT2D eigenvalue weighted by atomic mass is 16.5. The maximum Gasteiger partial charge on any atom is 0.363 e. The van der Waals surface area contributed by atoms with Gasteiger partial charge in [-0.15, -0.1) is 0 Å². The monoisotopic (exact) mass is 330 g/mol. The van der Waals surface area contributed by atoms with Crippen LogP contribution in [0, 0.1) is 0 Å². The van der Waals surface area contributed by atoms with Gasteiger partial charge in [0.1, 0.15) is 11.4 Å². The Morgan fingerprint density at radius 1 is 1.04 bits per heavy atom. The first-order valence-corrected chi connectivity index (χ1v) is 7.75. The summed E-state index contributed by atoms with van der Waals surface area (Å²) in [5.74, 6) is 0.744. The van der Waals surface area contributed by atoms with Gasteiger partial charge in [0.05, 0.1) is 12.6 Å². The maximum absolute atomic E-state index is 12.2.